The highest BCUT2D eigenvalue weighted by atomic mass is 19.1. The van der Waals surface area contributed by atoms with Crippen LogP contribution in [0.3, 0.4) is 0 Å². The summed E-state index contributed by atoms with van der Waals surface area (Å²) in [4.78, 5) is 35.3. The molecule has 2 amide bonds. The minimum Gasteiger partial charge on any atom is -0.350 e. The minimum atomic E-state index is -0.386. The van der Waals surface area contributed by atoms with Gasteiger partial charge in [-0.25, -0.2) is 9.37 Å². The quantitative estimate of drug-likeness (QED) is 0.528. The van der Waals surface area contributed by atoms with E-state index in [0.717, 1.165) is 5.56 Å². The molecule has 3 aromatic rings. The van der Waals surface area contributed by atoms with Gasteiger partial charge in [-0.2, -0.15) is 4.98 Å². The van der Waals surface area contributed by atoms with Gasteiger partial charge in [0, 0.05) is 23.8 Å². The molecule has 3 N–H and O–H groups in total. The van der Waals surface area contributed by atoms with Crippen molar-refractivity contribution in [3.05, 3.63) is 71.2 Å². The average Bonchev–Trinajstić information content (AvgIpc) is 2.79. The molecule has 0 aliphatic carbocycles. The Morgan fingerprint density at radius 1 is 1.12 bits per heavy atom. The average molecular weight is 449 g/mol. The predicted molar refractivity (Wildman–Crippen MR) is 126 cm³/mol. The Morgan fingerprint density at radius 2 is 1.82 bits per heavy atom. The summed E-state index contributed by atoms with van der Waals surface area (Å²) >= 11 is 0. The standard InChI is InChI=1S/C24H25FN6O2/c1-14(2)31-13-20(32)29-21-15(3)27-24(30-22(21)31)26-12-16-4-10-19(11-5-16)28-23(33)17-6-8-18(25)9-7-17/h4-11,14H,12-13H2,1-3H3,(H,28,33)(H,29,32)(H,26,27,30). The first-order valence-corrected chi connectivity index (χ1v) is 10.6. The van der Waals surface area contributed by atoms with E-state index in [1.165, 1.54) is 24.3 Å². The summed E-state index contributed by atoms with van der Waals surface area (Å²) < 4.78 is 13.0. The molecule has 1 aliphatic rings. The highest BCUT2D eigenvalue weighted by molar-refractivity contribution is 6.04. The number of fused-ring (bicyclic) bond motifs is 1. The van der Waals surface area contributed by atoms with E-state index in [2.05, 4.69) is 25.9 Å². The molecule has 0 saturated heterocycles. The molecule has 2 heterocycles. The first-order valence-electron chi connectivity index (χ1n) is 10.6. The third-order valence-electron chi connectivity index (χ3n) is 5.31. The van der Waals surface area contributed by atoms with E-state index in [9.17, 15) is 14.0 Å². The Bertz CT molecular complexity index is 1180. The zero-order chi connectivity index (χ0) is 23.5. The number of rotatable bonds is 6. The summed E-state index contributed by atoms with van der Waals surface area (Å²) in [5.41, 5.74) is 3.33. The van der Waals surface area contributed by atoms with E-state index in [0.29, 0.717) is 40.9 Å². The zero-order valence-electron chi connectivity index (χ0n) is 18.6. The summed E-state index contributed by atoms with van der Waals surface area (Å²) in [6.45, 7) is 6.62. The highest BCUT2D eigenvalue weighted by Crippen LogP contribution is 2.32. The monoisotopic (exact) mass is 448 g/mol. The molecule has 0 unspecified atom stereocenters. The van der Waals surface area contributed by atoms with Gasteiger partial charge in [0.15, 0.2) is 5.82 Å². The van der Waals surface area contributed by atoms with Gasteiger partial charge >= 0.3 is 0 Å². The smallest absolute Gasteiger partial charge is 0.255 e. The van der Waals surface area contributed by atoms with E-state index in [1.54, 1.807) is 12.1 Å². The molecular formula is C24H25FN6O2. The topological polar surface area (TPSA) is 99.2 Å². The number of carbonyl (C=O) groups is 2. The summed E-state index contributed by atoms with van der Waals surface area (Å²) in [7, 11) is 0. The first-order chi connectivity index (χ1) is 15.8. The Kier molecular flexibility index (Phi) is 6.21. The van der Waals surface area contributed by atoms with Crippen LogP contribution in [0.1, 0.15) is 35.5 Å². The second-order valence-corrected chi connectivity index (χ2v) is 8.11. The number of nitrogens with one attached hydrogen (secondary N) is 3. The maximum Gasteiger partial charge on any atom is 0.255 e. The fourth-order valence-electron chi connectivity index (χ4n) is 3.52. The molecule has 9 heteroatoms. The van der Waals surface area contributed by atoms with Crippen LogP contribution in [0.4, 0.5) is 27.5 Å². The molecule has 0 fully saturated rings. The minimum absolute atomic E-state index is 0.0739. The van der Waals surface area contributed by atoms with Crippen LogP contribution < -0.4 is 20.9 Å². The second kappa shape index (κ2) is 9.23. The number of anilines is 4. The fourth-order valence-corrected chi connectivity index (χ4v) is 3.52. The van der Waals surface area contributed by atoms with E-state index >= 15 is 0 Å². The van der Waals surface area contributed by atoms with Crippen LogP contribution in [-0.4, -0.2) is 34.4 Å². The molecule has 4 rings (SSSR count). The van der Waals surface area contributed by atoms with Crippen LogP contribution >= 0.6 is 0 Å². The van der Waals surface area contributed by atoms with Crippen molar-refractivity contribution in [1.29, 1.82) is 0 Å². The van der Waals surface area contributed by atoms with E-state index in [1.807, 2.05) is 37.8 Å². The van der Waals surface area contributed by atoms with Crippen LogP contribution in [0.2, 0.25) is 0 Å². The summed E-state index contributed by atoms with van der Waals surface area (Å²) in [6.07, 6.45) is 0. The predicted octanol–water partition coefficient (Wildman–Crippen LogP) is 3.96. The largest absolute Gasteiger partial charge is 0.350 e. The lowest BCUT2D eigenvalue weighted by molar-refractivity contribution is -0.115. The number of aromatic nitrogens is 2. The van der Waals surface area contributed by atoms with Crippen molar-refractivity contribution in [2.75, 3.05) is 27.4 Å². The van der Waals surface area contributed by atoms with Gasteiger partial charge in [0.1, 0.15) is 11.5 Å². The lowest BCUT2D eigenvalue weighted by Crippen LogP contribution is -2.43. The molecule has 0 radical (unpaired) electrons. The van der Waals surface area contributed by atoms with Crippen molar-refractivity contribution in [2.24, 2.45) is 0 Å². The van der Waals surface area contributed by atoms with E-state index in [4.69, 9.17) is 0 Å². The maximum absolute atomic E-state index is 13.0. The Morgan fingerprint density at radius 3 is 2.48 bits per heavy atom. The van der Waals surface area contributed by atoms with Gasteiger partial charge in [0.05, 0.1) is 12.2 Å². The number of hydrogen-bond acceptors (Lipinski definition) is 6. The van der Waals surface area contributed by atoms with E-state index < -0.39 is 0 Å². The fraction of sp³-hybridized carbons (Fsp3) is 0.250. The van der Waals surface area contributed by atoms with Crippen molar-refractivity contribution in [2.45, 2.75) is 33.4 Å². The van der Waals surface area contributed by atoms with Crippen LogP contribution in [0.5, 0.6) is 0 Å². The SMILES string of the molecule is Cc1nc(NCc2ccc(NC(=O)c3ccc(F)cc3)cc2)nc2c1NC(=O)CN2C(C)C. The molecule has 0 atom stereocenters. The van der Waals surface area contributed by atoms with Crippen LogP contribution in [-0.2, 0) is 11.3 Å². The molecular weight excluding hydrogens is 423 g/mol. The van der Waals surface area contributed by atoms with Gasteiger partial charge in [-0.15, -0.1) is 0 Å². The van der Waals surface area contributed by atoms with Crippen molar-refractivity contribution < 1.29 is 14.0 Å². The lowest BCUT2D eigenvalue weighted by atomic mass is 10.1. The first kappa shape index (κ1) is 22.2. The number of benzene rings is 2. The van der Waals surface area contributed by atoms with Crippen molar-refractivity contribution in [3.8, 4) is 0 Å². The second-order valence-electron chi connectivity index (χ2n) is 8.11. The Hall–Kier alpha value is -4.01. The molecule has 33 heavy (non-hydrogen) atoms. The molecule has 0 bridgehead atoms. The molecule has 2 aromatic carbocycles. The van der Waals surface area contributed by atoms with Crippen LogP contribution in [0.25, 0.3) is 0 Å². The van der Waals surface area contributed by atoms with Gasteiger partial charge in [0.25, 0.3) is 5.91 Å². The van der Waals surface area contributed by atoms with Crippen LogP contribution in [0.15, 0.2) is 48.5 Å². The van der Waals surface area contributed by atoms with Crippen LogP contribution in [0, 0.1) is 12.7 Å². The molecule has 1 aromatic heterocycles. The van der Waals surface area contributed by atoms with Gasteiger partial charge < -0.3 is 20.9 Å². The number of carbonyl (C=O) groups excluding carboxylic acids is 2. The summed E-state index contributed by atoms with van der Waals surface area (Å²) in [5, 5.41) is 8.89. The van der Waals surface area contributed by atoms with Gasteiger partial charge in [0.2, 0.25) is 11.9 Å². The van der Waals surface area contributed by atoms with E-state index in [-0.39, 0.29) is 30.2 Å². The molecule has 1 aliphatic heterocycles. The summed E-state index contributed by atoms with van der Waals surface area (Å²) in [6, 6.07) is 12.9. The van der Waals surface area contributed by atoms with Crippen molar-refractivity contribution in [1.82, 2.24) is 9.97 Å². The highest BCUT2D eigenvalue weighted by Gasteiger charge is 2.27. The maximum atomic E-state index is 13.0. The number of amides is 2. The Labute approximate surface area is 191 Å². The number of halogens is 1. The van der Waals surface area contributed by atoms with Crippen molar-refractivity contribution in [3.63, 3.8) is 0 Å². The number of aryl methyl sites for hydroxylation is 1. The Balaban J connectivity index is 1.42. The zero-order valence-corrected chi connectivity index (χ0v) is 18.6. The van der Waals surface area contributed by atoms with Gasteiger partial charge in [-0.3, -0.25) is 9.59 Å². The van der Waals surface area contributed by atoms with Crippen molar-refractivity contribution >= 4 is 35.0 Å². The lowest BCUT2D eigenvalue weighted by Gasteiger charge is -2.33. The normalized spacial score (nSPS) is 12.9. The molecule has 8 nitrogen and oxygen atoms in total. The van der Waals surface area contributed by atoms with Gasteiger partial charge in [-0.1, -0.05) is 12.1 Å². The number of hydrogen-bond donors (Lipinski definition) is 3. The third kappa shape index (κ3) is 5.08. The third-order valence-corrected chi connectivity index (χ3v) is 5.31. The van der Waals surface area contributed by atoms with Gasteiger partial charge in [-0.05, 0) is 62.7 Å². The molecule has 0 spiro atoms. The number of nitrogens with zero attached hydrogens (tertiary/aromatic N) is 3. The molecule has 0 saturated carbocycles. The molecule has 170 valence electrons. The summed E-state index contributed by atoms with van der Waals surface area (Å²) in [5.74, 6) is 0.416.